The third-order valence-corrected chi connectivity index (χ3v) is 2.11. The summed E-state index contributed by atoms with van der Waals surface area (Å²) in [6.07, 6.45) is 1.52. The molecule has 0 saturated carbocycles. The van der Waals surface area contributed by atoms with Gasteiger partial charge in [-0.1, -0.05) is 5.16 Å². The molecule has 2 rings (SSSR count). The molecule has 0 aliphatic carbocycles. The molecule has 0 aliphatic heterocycles. The highest BCUT2D eigenvalue weighted by atomic mass is 16.5. The maximum absolute atomic E-state index is 11.4. The van der Waals surface area contributed by atoms with E-state index in [4.69, 9.17) is 10.3 Å². The van der Waals surface area contributed by atoms with Gasteiger partial charge in [0, 0.05) is 12.3 Å². The van der Waals surface area contributed by atoms with Crippen molar-refractivity contribution >= 4 is 0 Å². The van der Waals surface area contributed by atoms with Gasteiger partial charge < -0.3 is 10.3 Å². The number of hydrogen-bond acceptors (Lipinski definition) is 6. The molecule has 2 N–H and O–H groups in total. The minimum Gasteiger partial charge on any atom is -0.337 e. The Balaban J connectivity index is 2.24. The summed E-state index contributed by atoms with van der Waals surface area (Å²) in [5.41, 5.74) is 4.93. The molecule has 0 bridgehead atoms. The van der Waals surface area contributed by atoms with Crippen LogP contribution in [0.4, 0.5) is 0 Å². The molecule has 0 unspecified atom stereocenters. The molecule has 17 heavy (non-hydrogen) atoms. The van der Waals surface area contributed by atoms with Crippen molar-refractivity contribution in [2.75, 3.05) is 0 Å². The van der Waals surface area contributed by atoms with E-state index in [1.165, 1.54) is 16.9 Å². The molecule has 0 aromatic carbocycles. The minimum absolute atomic E-state index is 0.142. The van der Waals surface area contributed by atoms with E-state index < -0.39 is 5.54 Å². The largest absolute Gasteiger partial charge is 0.337 e. The predicted octanol–water partition coefficient (Wildman–Crippen LogP) is -0.132. The fraction of sp³-hybridized carbons (Fsp3) is 0.400. The lowest BCUT2D eigenvalue weighted by Gasteiger charge is -2.11. The normalized spacial score (nSPS) is 11.7. The van der Waals surface area contributed by atoms with Crippen molar-refractivity contribution in [3.63, 3.8) is 0 Å². The maximum Gasteiger partial charge on any atom is 0.267 e. The van der Waals surface area contributed by atoms with Gasteiger partial charge in [0.25, 0.3) is 5.56 Å². The van der Waals surface area contributed by atoms with Crippen molar-refractivity contribution in [3.05, 3.63) is 40.4 Å². The SMILES string of the molecule is CC(C)(N)c1noc(Cn2ncccc2=O)n1. The zero-order valence-corrected chi connectivity index (χ0v) is 9.62. The van der Waals surface area contributed by atoms with Crippen molar-refractivity contribution in [3.8, 4) is 0 Å². The first-order valence-electron chi connectivity index (χ1n) is 5.11. The summed E-state index contributed by atoms with van der Waals surface area (Å²) in [5, 5.41) is 7.65. The van der Waals surface area contributed by atoms with Gasteiger partial charge in [0.2, 0.25) is 5.89 Å². The molecule has 7 heteroatoms. The molecule has 0 saturated heterocycles. The molecule has 0 fully saturated rings. The number of rotatable bonds is 3. The van der Waals surface area contributed by atoms with Crippen LogP contribution >= 0.6 is 0 Å². The van der Waals surface area contributed by atoms with E-state index in [1.807, 2.05) is 0 Å². The molecule has 0 aliphatic rings. The third-order valence-electron chi connectivity index (χ3n) is 2.11. The minimum atomic E-state index is -0.670. The molecular formula is C10H13N5O2. The summed E-state index contributed by atoms with van der Waals surface area (Å²) >= 11 is 0. The fourth-order valence-electron chi connectivity index (χ4n) is 1.21. The highest BCUT2D eigenvalue weighted by molar-refractivity contribution is 4.99. The monoisotopic (exact) mass is 235 g/mol. The van der Waals surface area contributed by atoms with Gasteiger partial charge in [-0.15, -0.1) is 0 Å². The van der Waals surface area contributed by atoms with Gasteiger partial charge in [0.1, 0.15) is 6.54 Å². The van der Waals surface area contributed by atoms with Crippen LogP contribution < -0.4 is 11.3 Å². The van der Waals surface area contributed by atoms with E-state index in [0.29, 0.717) is 11.7 Å². The van der Waals surface area contributed by atoms with Crippen molar-refractivity contribution in [1.82, 2.24) is 19.9 Å². The smallest absolute Gasteiger partial charge is 0.267 e. The van der Waals surface area contributed by atoms with Gasteiger partial charge in [0.15, 0.2) is 5.82 Å². The van der Waals surface area contributed by atoms with Gasteiger partial charge in [-0.05, 0) is 19.9 Å². The van der Waals surface area contributed by atoms with E-state index in [0.717, 1.165) is 0 Å². The van der Waals surface area contributed by atoms with Crippen LogP contribution in [0.1, 0.15) is 25.6 Å². The number of hydrogen-bond donors (Lipinski definition) is 1. The molecule has 0 radical (unpaired) electrons. The molecule has 7 nitrogen and oxygen atoms in total. The first-order valence-corrected chi connectivity index (χ1v) is 5.11. The Kier molecular flexibility index (Phi) is 2.76. The summed E-state index contributed by atoms with van der Waals surface area (Å²) in [6.45, 7) is 3.69. The molecule has 0 atom stereocenters. The lowest BCUT2D eigenvalue weighted by atomic mass is 10.1. The second-order valence-corrected chi connectivity index (χ2v) is 4.25. The summed E-state index contributed by atoms with van der Waals surface area (Å²) in [6, 6.07) is 2.98. The standard InChI is InChI=1S/C10H13N5O2/c1-10(2,11)9-13-7(17-14-9)6-15-8(16)4-3-5-12-15/h3-5H,6,11H2,1-2H3. The van der Waals surface area contributed by atoms with Crippen LogP contribution in [0.5, 0.6) is 0 Å². The average Bonchev–Trinajstić information content (AvgIpc) is 2.69. The lowest BCUT2D eigenvalue weighted by molar-refractivity contribution is 0.349. The number of aromatic nitrogens is 4. The van der Waals surface area contributed by atoms with Gasteiger partial charge in [-0.2, -0.15) is 10.1 Å². The van der Waals surface area contributed by atoms with Gasteiger partial charge in [-0.3, -0.25) is 4.79 Å². The quantitative estimate of drug-likeness (QED) is 0.795. The zero-order valence-electron chi connectivity index (χ0n) is 9.62. The zero-order chi connectivity index (χ0) is 12.5. The molecule has 0 spiro atoms. The summed E-state index contributed by atoms with van der Waals surface area (Å²) in [5.74, 6) is 0.704. The summed E-state index contributed by atoms with van der Waals surface area (Å²) in [7, 11) is 0. The first kappa shape index (κ1) is 11.5. The molecule has 2 aromatic heterocycles. The van der Waals surface area contributed by atoms with Gasteiger partial charge >= 0.3 is 0 Å². The highest BCUT2D eigenvalue weighted by Gasteiger charge is 2.21. The van der Waals surface area contributed by atoms with Crippen LogP contribution in [0.2, 0.25) is 0 Å². The molecular weight excluding hydrogens is 222 g/mol. The van der Waals surface area contributed by atoms with Crippen LogP contribution in [-0.2, 0) is 12.1 Å². The molecule has 2 heterocycles. The second kappa shape index (κ2) is 4.10. The predicted molar refractivity (Wildman–Crippen MR) is 59.1 cm³/mol. The average molecular weight is 235 g/mol. The second-order valence-electron chi connectivity index (χ2n) is 4.25. The van der Waals surface area contributed by atoms with Crippen LogP contribution in [-0.4, -0.2) is 19.9 Å². The van der Waals surface area contributed by atoms with Crippen LogP contribution in [0.3, 0.4) is 0 Å². The maximum atomic E-state index is 11.4. The Bertz CT molecular complexity index is 566. The molecule has 90 valence electrons. The van der Waals surface area contributed by atoms with Crippen LogP contribution in [0, 0.1) is 0 Å². The van der Waals surface area contributed by atoms with Crippen molar-refractivity contribution in [2.45, 2.75) is 25.9 Å². The number of nitrogens with two attached hydrogens (primary N) is 1. The summed E-state index contributed by atoms with van der Waals surface area (Å²) in [4.78, 5) is 15.5. The van der Waals surface area contributed by atoms with Crippen molar-refractivity contribution < 1.29 is 4.52 Å². The Labute approximate surface area is 97.3 Å². The Morgan fingerprint density at radius 1 is 1.53 bits per heavy atom. The van der Waals surface area contributed by atoms with Crippen LogP contribution in [0.15, 0.2) is 27.6 Å². The van der Waals surface area contributed by atoms with Gasteiger partial charge in [-0.25, -0.2) is 4.68 Å². The van der Waals surface area contributed by atoms with E-state index in [-0.39, 0.29) is 12.1 Å². The highest BCUT2D eigenvalue weighted by Crippen LogP contribution is 2.12. The third kappa shape index (κ3) is 2.56. The fourth-order valence-corrected chi connectivity index (χ4v) is 1.21. The van der Waals surface area contributed by atoms with E-state index in [2.05, 4.69) is 15.2 Å². The van der Waals surface area contributed by atoms with E-state index in [1.54, 1.807) is 19.9 Å². The topological polar surface area (TPSA) is 99.8 Å². The molecule has 0 amide bonds. The number of nitrogens with zero attached hydrogens (tertiary/aromatic N) is 4. The Hall–Kier alpha value is -2.02. The van der Waals surface area contributed by atoms with E-state index in [9.17, 15) is 4.79 Å². The van der Waals surface area contributed by atoms with Crippen molar-refractivity contribution in [1.29, 1.82) is 0 Å². The Morgan fingerprint density at radius 3 is 2.88 bits per heavy atom. The van der Waals surface area contributed by atoms with Crippen LogP contribution in [0.25, 0.3) is 0 Å². The molecule has 2 aromatic rings. The summed E-state index contributed by atoms with van der Waals surface area (Å²) < 4.78 is 6.25. The van der Waals surface area contributed by atoms with Crippen molar-refractivity contribution in [2.24, 2.45) is 5.73 Å². The first-order chi connectivity index (χ1) is 7.97. The van der Waals surface area contributed by atoms with E-state index >= 15 is 0 Å². The lowest BCUT2D eigenvalue weighted by Crippen LogP contribution is -2.30. The van der Waals surface area contributed by atoms with Gasteiger partial charge in [0.05, 0.1) is 5.54 Å². The Morgan fingerprint density at radius 2 is 2.29 bits per heavy atom.